The summed E-state index contributed by atoms with van der Waals surface area (Å²) in [5.41, 5.74) is -0.495. The summed E-state index contributed by atoms with van der Waals surface area (Å²) < 4.78 is 27.0. The van der Waals surface area contributed by atoms with Gasteiger partial charge in [-0.25, -0.2) is 18.4 Å². The lowest BCUT2D eigenvalue weighted by molar-refractivity contribution is 0.0517. The first-order chi connectivity index (χ1) is 10.1. The van der Waals surface area contributed by atoms with E-state index in [4.69, 9.17) is 9.88 Å². The minimum Gasteiger partial charge on any atom is -0.444 e. The number of nitrogens with two attached hydrogens (primary N) is 1. The first-order valence-corrected chi connectivity index (χ1v) is 9.49. The Hall–Kier alpha value is -0.860. The Morgan fingerprint density at radius 2 is 2.00 bits per heavy atom. The standard InChI is InChI=1S/C14H29N3O4S/c1-14(2,3)21-13(18)17-10-11-6-4-7-12(11)16-8-5-9-22(15,19)20/h11-12,16H,4-10H2,1-3H3,(H,17,18)(H2,15,19,20). The van der Waals surface area contributed by atoms with E-state index >= 15 is 0 Å². The Bertz CT molecular complexity index is 459. The number of rotatable bonds is 7. The van der Waals surface area contributed by atoms with Gasteiger partial charge in [-0.3, -0.25) is 0 Å². The topological polar surface area (TPSA) is 111 Å². The lowest BCUT2D eigenvalue weighted by Gasteiger charge is -2.23. The normalized spacial score (nSPS) is 22.5. The third-order valence-corrected chi connectivity index (χ3v) is 4.44. The molecule has 1 aliphatic rings. The summed E-state index contributed by atoms with van der Waals surface area (Å²) in [6, 6.07) is 0.301. The Morgan fingerprint density at radius 1 is 1.32 bits per heavy atom. The van der Waals surface area contributed by atoms with Crippen LogP contribution in [0.1, 0.15) is 46.5 Å². The molecule has 130 valence electrons. The third-order valence-electron chi connectivity index (χ3n) is 3.58. The Morgan fingerprint density at radius 3 is 2.59 bits per heavy atom. The van der Waals surface area contributed by atoms with Crippen molar-refractivity contribution in [3.63, 3.8) is 0 Å². The minimum absolute atomic E-state index is 0.00640. The van der Waals surface area contributed by atoms with E-state index in [0.717, 1.165) is 19.3 Å². The van der Waals surface area contributed by atoms with Crippen LogP contribution >= 0.6 is 0 Å². The molecule has 0 radical (unpaired) electrons. The number of amides is 1. The lowest BCUT2D eigenvalue weighted by atomic mass is 10.0. The molecule has 1 rings (SSSR count). The molecule has 4 N–H and O–H groups in total. The number of sulfonamides is 1. The Kier molecular flexibility index (Phi) is 7.08. The first-order valence-electron chi connectivity index (χ1n) is 7.77. The molecule has 0 saturated heterocycles. The van der Waals surface area contributed by atoms with E-state index in [0.29, 0.717) is 31.5 Å². The van der Waals surface area contributed by atoms with Crippen LogP contribution in [0.15, 0.2) is 0 Å². The van der Waals surface area contributed by atoms with Gasteiger partial charge in [-0.1, -0.05) is 6.42 Å². The van der Waals surface area contributed by atoms with Gasteiger partial charge in [0, 0.05) is 12.6 Å². The van der Waals surface area contributed by atoms with Crippen molar-refractivity contribution >= 4 is 16.1 Å². The molecule has 2 atom stereocenters. The smallest absolute Gasteiger partial charge is 0.407 e. The van der Waals surface area contributed by atoms with Gasteiger partial charge < -0.3 is 15.4 Å². The van der Waals surface area contributed by atoms with Crippen LogP contribution in [0.5, 0.6) is 0 Å². The monoisotopic (exact) mass is 335 g/mol. The van der Waals surface area contributed by atoms with Crippen LogP contribution in [0.4, 0.5) is 4.79 Å². The first kappa shape index (κ1) is 19.2. The fourth-order valence-electron chi connectivity index (χ4n) is 2.64. The summed E-state index contributed by atoms with van der Waals surface area (Å²) in [6.07, 6.45) is 3.29. The van der Waals surface area contributed by atoms with Crippen molar-refractivity contribution in [1.82, 2.24) is 10.6 Å². The zero-order valence-corrected chi connectivity index (χ0v) is 14.5. The lowest BCUT2D eigenvalue weighted by Crippen LogP contribution is -2.41. The SMILES string of the molecule is CC(C)(C)OC(=O)NCC1CCCC1NCCCS(N)(=O)=O. The Labute approximate surface area is 133 Å². The summed E-state index contributed by atoms with van der Waals surface area (Å²) in [5, 5.41) is 11.1. The van der Waals surface area contributed by atoms with E-state index < -0.39 is 21.7 Å². The number of alkyl carbamates (subject to hydrolysis) is 1. The van der Waals surface area contributed by atoms with Crippen molar-refractivity contribution in [1.29, 1.82) is 0 Å². The number of carbonyl (C=O) groups excluding carboxylic acids is 1. The van der Waals surface area contributed by atoms with Gasteiger partial charge >= 0.3 is 6.09 Å². The number of hydrogen-bond acceptors (Lipinski definition) is 5. The van der Waals surface area contributed by atoms with Gasteiger partial charge in [0.1, 0.15) is 5.60 Å². The van der Waals surface area contributed by atoms with Crippen LogP contribution in [0.3, 0.4) is 0 Å². The van der Waals surface area contributed by atoms with Crippen molar-refractivity contribution in [2.24, 2.45) is 11.1 Å². The fraction of sp³-hybridized carbons (Fsp3) is 0.929. The van der Waals surface area contributed by atoms with E-state index in [1.165, 1.54) is 0 Å². The van der Waals surface area contributed by atoms with Crippen molar-refractivity contribution in [3.05, 3.63) is 0 Å². The number of ether oxygens (including phenoxy) is 1. The molecule has 1 fully saturated rings. The van der Waals surface area contributed by atoms with E-state index in [-0.39, 0.29) is 5.75 Å². The zero-order valence-electron chi connectivity index (χ0n) is 13.7. The summed E-state index contributed by atoms with van der Waals surface area (Å²) in [6.45, 7) is 6.68. The minimum atomic E-state index is -3.39. The summed E-state index contributed by atoms with van der Waals surface area (Å²) in [4.78, 5) is 11.7. The highest BCUT2D eigenvalue weighted by Gasteiger charge is 2.27. The quantitative estimate of drug-likeness (QED) is 0.600. The van der Waals surface area contributed by atoms with Crippen molar-refractivity contribution < 1.29 is 17.9 Å². The predicted molar refractivity (Wildman–Crippen MR) is 86.0 cm³/mol. The van der Waals surface area contributed by atoms with E-state index in [1.807, 2.05) is 20.8 Å². The molecule has 1 aliphatic carbocycles. The number of nitrogens with one attached hydrogen (secondary N) is 2. The molecular weight excluding hydrogens is 306 g/mol. The second-order valence-corrected chi connectivity index (χ2v) is 8.59. The van der Waals surface area contributed by atoms with Gasteiger partial charge in [-0.2, -0.15) is 0 Å². The highest BCUT2D eigenvalue weighted by Crippen LogP contribution is 2.25. The van der Waals surface area contributed by atoms with E-state index in [2.05, 4.69) is 10.6 Å². The van der Waals surface area contributed by atoms with Gasteiger partial charge in [0.2, 0.25) is 10.0 Å². The largest absolute Gasteiger partial charge is 0.444 e. The molecule has 0 aromatic carbocycles. The van der Waals surface area contributed by atoms with Crippen LogP contribution in [0, 0.1) is 5.92 Å². The summed E-state index contributed by atoms with van der Waals surface area (Å²) in [7, 11) is -3.39. The van der Waals surface area contributed by atoms with Crippen molar-refractivity contribution in [3.8, 4) is 0 Å². The van der Waals surface area contributed by atoms with Crippen LogP contribution in [0.25, 0.3) is 0 Å². The average Bonchev–Trinajstić information content (AvgIpc) is 2.76. The van der Waals surface area contributed by atoms with Crippen LogP contribution in [0.2, 0.25) is 0 Å². The van der Waals surface area contributed by atoms with Crippen molar-refractivity contribution in [2.45, 2.75) is 58.1 Å². The maximum Gasteiger partial charge on any atom is 0.407 e. The highest BCUT2D eigenvalue weighted by molar-refractivity contribution is 7.89. The van der Waals surface area contributed by atoms with Gasteiger partial charge in [0.15, 0.2) is 0 Å². The molecule has 2 unspecified atom stereocenters. The maximum absolute atomic E-state index is 11.7. The van der Waals surface area contributed by atoms with Gasteiger partial charge in [-0.15, -0.1) is 0 Å². The molecule has 0 aliphatic heterocycles. The third kappa shape index (κ3) is 8.55. The van der Waals surface area contributed by atoms with Crippen molar-refractivity contribution in [2.75, 3.05) is 18.8 Å². The van der Waals surface area contributed by atoms with Crippen LogP contribution < -0.4 is 15.8 Å². The zero-order chi connectivity index (χ0) is 16.8. The Balaban J connectivity index is 2.27. The molecule has 8 heteroatoms. The van der Waals surface area contributed by atoms with E-state index in [9.17, 15) is 13.2 Å². The number of primary sulfonamides is 1. The molecule has 0 bridgehead atoms. The number of carbonyl (C=O) groups is 1. The maximum atomic E-state index is 11.7. The second-order valence-electron chi connectivity index (χ2n) is 6.85. The molecule has 22 heavy (non-hydrogen) atoms. The molecular formula is C14H29N3O4S. The van der Waals surface area contributed by atoms with Gasteiger partial charge in [0.25, 0.3) is 0 Å². The average molecular weight is 335 g/mol. The molecule has 1 amide bonds. The van der Waals surface area contributed by atoms with E-state index in [1.54, 1.807) is 0 Å². The van der Waals surface area contributed by atoms with Crippen LogP contribution in [-0.2, 0) is 14.8 Å². The van der Waals surface area contributed by atoms with Gasteiger partial charge in [0.05, 0.1) is 5.75 Å². The van der Waals surface area contributed by atoms with Gasteiger partial charge in [-0.05, 0) is 52.5 Å². The summed E-state index contributed by atoms with van der Waals surface area (Å²) >= 11 is 0. The summed E-state index contributed by atoms with van der Waals surface area (Å²) in [5.74, 6) is 0.343. The molecule has 1 saturated carbocycles. The highest BCUT2D eigenvalue weighted by atomic mass is 32.2. The fourth-order valence-corrected chi connectivity index (χ4v) is 3.19. The molecule has 0 spiro atoms. The molecule has 0 aromatic heterocycles. The second kappa shape index (κ2) is 8.12. The molecule has 7 nitrogen and oxygen atoms in total. The number of hydrogen-bond donors (Lipinski definition) is 3. The van der Waals surface area contributed by atoms with Crippen LogP contribution in [-0.4, -0.2) is 45.0 Å². The molecule has 0 heterocycles. The predicted octanol–water partition coefficient (Wildman–Crippen LogP) is 0.948. The molecule has 0 aromatic rings.